The first-order valence-corrected chi connectivity index (χ1v) is 14.7. The highest BCUT2D eigenvalue weighted by Crippen LogP contribution is 2.43. The Bertz CT molecular complexity index is 1560. The van der Waals surface area contributed by atoms with Gasteiger partial charge in [-0.1, -0.05) is 19.9 Å². The smallest absolute Gasteiger partial charge is 0.329 e. The van der Waals surface area contributed by atoms with Crippen LogP contribution in [0.2, 0.25) is 0 Å². The summed E-state index contributed by atoms with van der Waals surface area (Å²) in [6.45, 7) is 3.75. The molecule has 4 rings (SSSR count). The molecule has 0 N–H and O–H groups in total. The molecule has 7 nitrogen and oxygen atoms in total. The fourth-order valence-electron chi connectivity index (χ4n) is 5.07. The number of hydrogen-bond acceptors (Lipinski definition) is 5. The summed E-state index contributed by atoms with van der Waals surface area (Å²) in [6.07, 6.45) is -2.82. The zero-order chi connectivity index (χ0) is 31.7. The van der Waals surface area contributed by atoms with Crippen molar-refractivity contribution in [3.8, 4) is 0 Å². The van der Waals surface area contributed by atoms with Crippen LogP contribution in [-0.4, -0.2) is 46.7 Å². The Balaban J connectivity index is 1.68. The Labute approximate surface area is 248 Å². The van der Waals surface area contributed by atoms with Crippen LogP contribution in [0.25, 0.3) is 17.1 Å². The molecule has 2 aromatic carbocycles. The first-order valence-electron chi connectivity index (χ1n) is 13.7. The molecule has 1 aliphatic heterocycles. The summed E-state index contributed by atoms with van der Waals surface area (Å²) in [5.41, 5.74) is 0.847. The second-order valence-electron chi connectivity index (χ2n) is 10.2. The molecule has 0 amide bonds. The van der Waals surface area contributed by atoms with E-state index in [0.717, 1.165) is 29.9 Å². The maximum Gasteiger partial charge on any atom is 0.416 e. The van der Waals surface area contributed by atoms with E-state index in [0.29, 0.717) is 35.6 Å². The van der Waals surface area contributed by atoms with Crippen molar-refractivity contribution in [3.05, 3.63) is 65.8 Å². The molecule has 1 aliphatic rings. The molecule has 0 aliphatic carbocycles. The van der Waals surface area contributed by atoms with Crippen molar-refractivity contribution in [2.45, 2.75) is 43.9 Å². The third-order valence-electron chi connectivity index (χ3n) is 7.07. The first kappa shape index (κ1) is 32.6. The number of nitrogens with zero attached hydrogens (tertiary/aromatic N) is 5. The van der Waals surface area contributed by atoms with Crippen molar-refractivity contribution in [2.24, 2.45) is 14.1 Å². The van der Waals surface area contributed by atoms with Crippen LogP contribution in [0.3, 0.4) is 0 Å². The summed E-state index contributed by atoms with van der Waals surface area (Å²) in [4.78, 5) is 2.92. The Hall–Kier alpha value is -3.36. The molecule has 3 aromatic rings. The molecule has 234 valence electrons. The predicted molar refractivity (Wildman–Crippen MR) is 154 cm³/mol. The molecule has 0 radical (unpaired) electrons. The third kappa shape index (κ3) is 7.07. The van der Waals surface area contributed by atoms with E-state index in [4.69, 9.17) is 4.28 Å². The number of aromatic nitrogens is 2. The molecule has 1 atom stereocenters. The zero-order valence-electron chi connectivity index (χ0n) is 24.5. The number of allylic oxidation sites excluding steroid dienone is 2. The van der Waals surface area contributed by atoms with Gasteiger partial charge in [0.25, 0.3) is 5.82 Å². The highest BCUT2D eigenvalue weighted by Gasteiger charge is 2.38. The molecule has 43 heavy (non-hydrogen) atoms. The number of fused-ring (bicyclic) bond motifs is 2. The van der Waals surface area contributed by atoms with Gasteiger partial charge in [0.05, 0.1) is 35.9 Å². The van der Waals surface area contributed by atoms with Gasteiger partial charge in [0, 0.05) is 32.3 Å². The monoisotopic (exact) mass is 630 g/mol. The van der Waals surface area contributed by atoms with E-state index in [1.807, 2.05) is 13.8 Å². The highest BCUT2D eigenvalue weighted by atomic mass is 32.2. The van der Waals surface area contributed by atoms with Gasteiger partial charge in [0.15, 0.2) is 11.0 Å². The topological polar surface area (TPSA) is 44.8 Å². The van der Waals surface area contributed by atoms with Crippen LogP contribution in [0.15, 0.2) is 59.3 Å². The minimum atomic E-state index is -4.55. The summed E-state index contributed by atoms with van der Waals surface area (Å²) >= 11 is -1.93. The maximum absolute atomic E-state index is 13.7. The van der Waals surface area contributed by atoms with Gasteiger partial charge in [-0.15, -0.1) is 0 Å². The van der Waals surface area contributed by atoms with Gasteiger partial charge in [-0.3, -0.25) is 0 Å². The van der Waals surface area contributed by atoms with Crippen molar-refractivity contribution >= 4 is 39.6 Å². The molecule has 14 heteroatoms. The van der Waals surface area contributed by atoms with E-state index < -0.39 is 35.5 Å². The number of hydroxylamine groups is 2. The average Bonchev–Trinajstić information content (AvgIpc) is 3.32. The largest absolute Gasteiger partial charge is 0.416 e. The van der Waals surface area contributed by atoms with E-state index in [1.165, 1.54) is 18.2 Å². The van der Waals surface area contributed by atoms with Gasteiger partial charge in [0.1, 0.15) is 12.4 Å². The standard InChI is InChI=1S/C29H34F6N5O2S/c1-6-15-39(16-7-2)42-43(41)21-12-14-23-25(18-21)40(19-28(30,31)32)27(37(23)4)10-8-9-26-36(3)22-13-11-20(29(33,34)35)17-24(22)38(26)5/h8-14,17-18H,6-7,15-16,19H2,1-5H3/q+1. The summed E-state index contributed by atoms with van der Waals surface area (Å²) in [5, 5.41) is 1.59. The zero-order valence-corrected chi connectivity index (χ0v) is 25.3. The number of halogens is 6. The van der Waals surface area contributed by atoms with Gasteiger partial charge in [0.2, 0.25) is 11.1 Å². The third-order valence-corrected chi connectivity index (χ3v) is 8.06. The summed E-state index contributed by atoms with van der Waals surface area (Å²) in [6, 6.07) is 8.07. The first-order chi connectivity index (χ1) is 20.2. The van der Waals surface area contributed by atoms with Gasteiger partial charge in [-0.05, 0) is 49.2 Å². The van der Waals surface area contributed by atoms with Gasteiger partial charge in [-0.25, -0.2) is 13.3 Å². The molecular formula is C29H34F6N5O2S+. The molecule has 2 heterocycles. The van der Waals surface area contributed by atoms with Crippen molar-refractivity contribution < 1.29 is 39.4 Å². The second kappa shape index (κ2) is 12.7. The fourth-order valence-corrected chi connectivity index (χ4v) is 5.89. The van der Waals surface area contributed by atoms with E-state index >= 15 is 0 Å². The van der Waals surface area contributed by atoms with Gasteiger partial charge < -0.3 is 9.80 Å². The van der Waals surface area contributed by atoms with E-state index in [2.05, 4.69) is 0 Å². The number of anilines is 2. The van der Waals surface area contributed by atoms with Crippen molar-refractivity contribution in [2.75, 3.05) is 36.5 Å². The van der Waals surface area contributed by atoms with Crippen molar-refractivity contribution in [3.63, 3.8) is 0 Å². The Kier molecular flexibility index (Phi) is 9.62. The maximum atomic E-state index is 13.7. The molecule has 0 saturated heterocycles. The lowest BCUT2D eigenvalue weighted by Crippen LogP contribution is -2.34. The minimum Gasteiger partial charge on any atom is -0.329 e. The van der Waals surface area contributed by atoms with E-state index in [-0.39, 0.29) is 16.4 Å². The average molecular weight is 631 g/mol. The van der Waals surface area contributed by atoms with Crippen LogP contribution in [-0.2, 0) is 35.6 Å². The van der Waals surface area contributed by atoms with E-state index in [1.54, 1.807) is 64.5 Å². The highest BCUT2D eigenvalue weighted by molar-refractivity contribution is 7.80. The predicted octanol–water partition coefficient (Wildman–Crippen LogP) is 6.47. The van der Waals surface area contributed by atoms with Crippen LogP contribution < -0.4 is 14.4 Å². The van der Waals surface area contributed by atoms with Crippen LogP contribution in [0.1, 0.15) is 38.1 Å². The lowest BCUT2D eigenvalue weighted by molar-refractivity contribution is -0.647. The lowest BCUT2D eigenvalue weighted by atomic mass is 10.2. The number of alkyl halides is 6. The van der Waals surface area contributed by atoms with Crippen LogP contribution in [0.4, 0.5) is 37.7 Å². The van der Waals surface area contributed by atoms with Crippen molar-refractivity contribution in [1.82, 2.24) is 9.63 Å². The quantitative estimate of drug-likeness (QED) is 0.146. The SMILES string of the molecule is CCCN(CCC)OS(=O)c1ccc2c(c1)N(CC(F)(F)F)/C(=C/C=C/c1n(C)c3cc(C(F)(F)F)ccc3[n+]1C)N2C. The number of aryl methyl sites for hydroxylation is 2. The Morgan fingerprint density at radius 3 is 2.26 bits per heavy atom. The van der Waals surface area contributed by atoms with Crippen LogP contribution in [0.5, 0.6) is 0 Å². The van der Waals surface area contributed by atoms with Crippen LogP contribution >= 0.6 is 0 Å². The Morgan fingerprint density at radius 2 is 1.65 bits per heavy atom. The summed E-state index contributed by atoms with van der Waals surface area (Å²) in [7, 11) is 4.94. The van der Waals surface area contributed by atoms with Crippen molar-refractivity contribution in [1.29, 1.82) is 0 Å². The normalized spacial score (nSPS) is 16.0. The number of hydrogen-bond donors (Lipinski definition) is 0. The molecule has 0 saturated carbocycles. The molecule has 1 unspecified atom stereocenters. The molecule has 1 aromatic heterocycles. The minimum absolute atomic E-state index is 0.215. The summed E-state index contributed by atoms with van der Waals surface area (Å²) < 4.78 is 103. The van der Waals surface area contributed by atoms with E-state index in [9.17, 15) is 30.6 Å². The number of benzene rings is 2. The number of imidazole rings is 1. The number of rotatable bonds is 10. The molecule has 0 bridgehead atoms. The fraction of sp³-hybridized carbons (Fsp3) is 0.414. The van der Waals surface area contributed by atoms with Gasteiger partial charge >= 0.3 is 12.4 Å². The molecule has 0 spiro atoms. The Morgan fingerprint density at radius 1 is 0.977 bits per heavy atom. The molecule has 0 fully saturated rings. The van der Waals surface area contributed by atoms with Crippen LogP contribution in [0, 0.1) is 0 Å². The summed E-state index contributed by atoms with van der Waals surface area (Å²) in [5.74, 6) is 0.747. The second-order valence-corrected chi connectivity index (χ2v) is 11.3. The van der Waals surface area contributed by atoms with Gasteiger partial charge in [-0.2, -0.15) is 35.7 Å². The molecular weight excluding hydrogens is 596 g/mol. The lowest BCUT2D eigenvalue weighted by Gasteiger charge is -2.24.